The van der Waals surface area contributed by atoms with Crippen molar-refractivity contribution in [3.8, 4) is 0 Å². The van der Waals surface area contributed by atoms with Gasteiger partial charge < -0.3 is 4.90 Å². The van der Waals surface area contributed by atoms with E-state index in [1.165, 1.54) is 10.6 Å². The lowest BCUT2D eigenvalue weighted by atomic mass is 10.2. The Bertz CT molecular complexity index is 527. The fourth-order valence-corrected chi connectivity index (χ4v) is 2.60. The quantitative estimate of drug-likeness (QED) is 0.752. The van der Waals surface area contributed by atoms with E-state index in [1.54, 1.807) is 11.3 Å². The summed E-state index contributed by atoms with van der Waals surface area (Å²) in [5.74, 6) is 0.790. The van der Waals surface area contributed by atoms with Crippen LogP contribution in [-0.4, -0.2) is 27.3 Å². The minimum absolute atomic E-state index is 0.126. The van der Waals surface area contributed by atoms with Crippen molar-refractivity contribution in [1.82, 2.24) is 20.2 Å². The zero-order valence-electron chi connectivity index (χ0n) is 9.03. The van der Waals surface area contributed by atoms with Crippen molar-refractivity contribution in [2.45, 2.75) is 13.0 Å². The molecular formula is C10H11N5S. The van der Waals surface area contributed by atoms with Gasteiger partial charge in [-0.25, -0.2) is 0 Å². The highest BCUT2D eigenvalue weighted by Crippen LogP contribution is 2.32. The van der Waals surface area contributed by atoms with Crippen molar-refractivity contribution in [3.63, 3.8) is 0 Å². The van der Waals surface area contributed by atoms with Crippen molar-refractivity contribution in [2.75, 3.05) is 11.9 Å². The molecule has 5 nitrogen and oxygen atoms in total. The number of fused-ring (bicyclic) bond motifs is 1. The molecule has 0 bridgehead atoms. The molecular weight excluding hydrogens is 222 g/mol. The van der Waals surface area contributed by atoms with Gasteiger partial charge >= 0.3 is 0 Å². The van der Waals surface area contributed by atoms with E-state index in [9.17, 15) is 0 Å². The van der Waals surface area contributed by atoms with Gasteiger partial charge in [-0.15, -0.1) is 11.3 Å². The summed E-state index contributed by atoms with van der Waals surface area (Å²) < 4.78 is 1.85. The molecule has 0 spiro atoms. The average molecular weight is 233 g/mol. The zero-order valence-corrected chi connectivity index (χ0v) is 9.85. The molecule has 1 aliphatic heterocycles. The average Bonchev–Trinajstić information content (AvgIpc) is 2.93. The Balaban J connectivity index is 2.14. The molecule has 2 aromatic rings. The summed E-state index contributed by atoms with van der Waals surface area (Å²) in [6.07, 6.45) is 2.18. The van der Waals surface area contributed by atoms with Gasteiger partial charge in [0.2, 0.25) is 5.95 Å². The van der Waals surface area contributed by atoms with E-state index < -0.39 is 0 Å². The van der Waals surface area contributed by atoms with Crippen LogP contribution in [0.25, 0.3) is 0 Å². The highest BCUT2D eigenvalue weighted by Gasteiger charge is 2.26. The van der Waals surface area contributed by atoms with Crippen molar-refractivity contribution in [1.29, 1.82) is 0 Å². The summed E-state index contributed by atoms with van der Waals surface area (Å²) in [7, 11) is 1.97. The molecule has 3 heterocycles. The predicted octanol–water partition coefficient (Wildman–Crippen LogP) is 1.68. The predicted molar refractivity (Wildman–Crippen MR) is 62.4 cm³/mol. The Morgan fingerprint density at radius 2 is 2.31 bits per heavy atom. The third-order valence-electron chi connectivity index (χ3n) is 2.80. The van der Waals surface area contributed by atoms with Gasteiger partial charge in [-0.2, -0.15) is 4.68 Å². The van der Waals surface area contributed by atoms with Crippen LogP contribution in [0.5, 0.6) is 0 Å². The van der Waals surface area contributed by atoms with Crippen LogP contribution in [0.4, 0.5) is 5.95 Å². The van der Waals surface area contributed by atoms with E-state index in [1.807, 2.05) is 22.7 Å². The van der Waals surface area contributed by atoms with E-state index in [4.69, 9.17) is 0 Å². The van der Waals surface area contributed by atoms with Gasteiger partial charge in [0.05, 0.1) is 0 Å². The number of nitrogens with zero attached hydrogens (tertiary/aromatic N) is 5. The van der Waals surface area contributed by atoms with E-state index in [0.29, 0.717) is 0 Å². The summed E-state index contributed by atoms with van der Waals surface area (Å²) in [6, 6.07) is 4.28. The number of thiophene rings is 1. The first-order valence-corrected chi connectivity index (χ1v) is 5.89. The molecule has 82 valence electrons. The lowest BCUT2D eigenvalue weighted by molar-refractivity contribution is 0.573. The van der Waals surface area contributed by atoms with Crippen LogP contribution >= 0.6 is 11.3 Å². The van der Waals surface area contributed by atoms with E-state index in [2.05, 4.69) is 40.0 Å². The second-order valence-electron chi connectivity index (χ2n) is 3.75. The summed E-state index contributed by atoms with van der Waals surface area (Å²) in [4.78, 5) is 3.24. The number of aromatic nitrogens is 4. The fourth-order valence-electron chi connectivity index (χ4n) is 1.82. The lowest BCUT2D eigenvalue weighted by Gasteiger charge is -2.27. The number of tetrazole rings is 1. The first kappa shape index (κ1) is 9.53. The van der Waals surface area contributed by atoms with Gasteiger partial charge in [-0.3, -0.25) is 0 Å². The van der Waals surface area contributed by atoms with Gasteiger partial charge in [0, 0.05) is 17.6 Å². The molecule has 16 heavy (non-hydrogen) atoms. The Kier molecular flexibility index (Phi) is 2.03. The van der Waals surface area contributed by atoms with Crippen molar-refractivity contribution < 1.29 is 0 Å². The number of hydrogen-bond acceptors (Lipinski definition) is 5. The van der Waals surface area contributed by atoms with E-state index >= 15 is 0 Å². The Morgan fingerprint density at radius 1 is 1.44 bits per heavy atom. The molecule has 3 rings (SSSR count). The maximum absolute atomic E-state index is 4.06. The minimum Gasteiger partial charge on any atom is -0.317 e. The normalized spacial score (nSPS) is 19.5. The van der Waals surface area contributed by atoms with Crippen molar-refractivity contribution >= 4 is 17.3 Å². The van der Waals surface area contributed by atoms with Gasteiger partial charge in [0.15, 0.2) is 0 Å². The van der Waals surface area contributed by atoms with Gasteiger partial charge in [-0.1, -0.05) is 11.2 Å². The molecule has 0 saturated carbocycles. The van der Waals surface area contributed by atoms with Gasteiger partial charge in [-0.05, 0) is 34.9 Å². The monoisotopic (exact) mass is 233 g/mol. The second kappa shape index (κ2) is 3.41. The lowest BCUT2D eigenvalue weighted by Crippen LogP contribution is -2.27. The summed E-state index contributed by atoms with van der Waals surface area (Å²) in [5.41, 5.74) is 1.17. The molecule has 0 saturated heterocycles. The largest absolute Gasteiger partial charge is 0.317 e. The van der Waals surface area contributed by atoms with E-state index in [0.717, 1.165) is 5.95 Å². The maximum atomic E-state index is 4.06. The first-order valence-electron chi connectivity index (χ1n) is 5.01. The zero-order chi connectivity index (χ0) is 11.1. The van der Waals surface area contributed by atoms with Crippen molar-refractivity contribution in [3.05, 3.63) is 34.2 Å². The van der Waals surface area contributed by atoms with Crippen LogP contribution in [-0.2, 0) is 0 Å². The smallest absolute Gasteiger partial charge is 0.250 e. The molecule has 0 fully saturated rings. The van der Waals surface area contributed by atoms with Crippen LogP contribution in [0.3, 0.4) is 0 Å². The Morgan fingerprint density at radius 3 is 3.06 bits per heavy atom. The molecule has 0 radical (unpaired) electrons. The maximum Gasteiger partial charge on any atom is 0.250 e. The molecule has 2 aromatic heterocycles. The van der Waals surface area contributed by atoms with Crippen LogP contribution < -0.4 is 4.90 Å². The standard InChI is InChI=1S/C10H11N5S/c1-7-6-8(9-4-3-5-16-9)15-10(14(7)2)11-12-13-15/h3-6,8H,1-2H3. The van der Waals surface area contributed by atoms with Gasteiger partial charge in [0.1, 0.15) is 6.04 Å². The molecule has 6 heteroatoms. The molecule has 0 aromatic carbocycles. The summed E-state index contributed by atoms with van der Waals surface area (Å²) in [6.45, 7) is 2.07. The van der Waals surface area contributed by atoms with Crippen LogP contribution in [0, 0.1) is 0 Å². The number of rotatable bonds is 1. The topological polar surface area (TPSA) is 46.8 Å². The third kappa shape index (κ3) is 1.26. The molecule has 0 N–H and O–H groups in total. The van der Waals surface area contributed by atoms with E-state index in [-0.39, 0.29) is 6.04 Å². The second-order valence-corrected chi connectivity index (χ2v) is 4.73. The SMILES string of the molecule is CC1=CC(c2cccs2)n2nnnc2N1C. The highest BCUT2D eigenvalue weighted by molar-refractivity contribution is 7.10. The highest BCUT2D eigenvalue weighted by atomic mass is 32.1. The summed E-state index contributed by atoms with van der Waals surface area (Å²) >= 11 is 1.72. The van der Waals surface area contributed by atoms with Crippen LogP contribution in [0.2, 0.25) is 0 Å². The summed E-state index contributed by atoms with van der Waals surface area (Å²) in [5, 5.41) is 13.9. The molecule has 0 amide bonds. The third-order valence-corrected chi connectivity index (χ3v) is 3.74. The Labute approximate surface area is 97.0 Å². The molecule has 1 aliphatic rings. The minimum atomic E-state index is 0.126. The van der Waals surface area contributed by atoms with Crippen LogP contribution in [0.1, 0.15) is 17.8 Å². The molecule has 1 atom stereocenters. The van der Waals surface area contributed by atoms with Crippen LogP contribution in [0.15, 0.2) is 29.3 Å². The number of allylic oxidation sites excluding steroid dienone is 2. The number of hydrogen-bond donors (Lipinski definition) is 0. The van der Waals surface area contributed by atoms with Gasteiger partial charge in [0.25, 0.3) is 0 Å². The molecule has 0 aliphatic carbocycles. The first-order chi connectivity index (χ1) is 7.77. The Hall–Kier alpha value is -1.69. The molecule has 1 unspecified atom stereocenters. The van der Waals surface area contributed by atoms with Crippen molar-refractivity contribution in [2.24, 2.45) is 0 Å². The fraction of sp³-hybridized carbons (Fsp3) is 0.300. The number of anilines is 1.